The first-order valence-electron chi connectivity index (χ1n) is 9.14. The largest absolute Gasteiger partial charge is 0.497 e. The maximum Gasteiger partial charge on any atom is 0.200 e. The number of aryl methyl sites for hydroxylation is 1. The van der Waals surface area contributed by atoms with Crippen molar-refractivity contribution in [1.29, 1.82) is 0 Å². The molecule has 4 rings (SSSR count). The zero-order valence-electron chi connectivity index (χ0n) is 16.1. The van der Waals surface area contributed by atoms with Gasteiger partial charge in [-0.05, 0) is 54.4 Å². The van der Waals surface area contributed by atoms with E-state index in [2.05, 4.69) is 15.9 Å². The Morgan fingerprint density at radius 1 is 0.931 bits per heavy atom. The second-order valence-corrected chi connectivity index (χ2v) is 7.58. The van der Waals surface area contributed by atoms with Gasteiger partial charge >= 0.3 is 0 Å². The van der Waals surface area contributed by atoms with E-state index >= 15 is 0 Å². The van der Waals surface area contributed by atoms with E-state index in [4.69, 9.17) is 13.9 Å². The zero-order valence-corrected chi connectivity index (χ0v) is 17.7. The number of fused-ring (bicyclic) bond motifs is 1. The molecule has 0 bridgehead atoms. The maximum atomic E-state index is 13.1. The van der Waals surface area contributed by atoms with Crippen LogP contribution in [0.15, 0.2) is 80.4 Å². The van der Waals surface area contributed by atoms with Crippen LogP contribution in [0.25, 0.3) is 22.1 Å². The molecule has 0 saturated heterocycles. The number of hydrogen-bond acceptors (Lipinski definition) is 4. The summed E-state index contributed by atoms with van der Waals surface area (Å²) < 4.78 is 18.1. The van der Waals surface area contributed by atoms with E-state index in [1.165, 1.54) is 0 Å². The van der Waals surface area contributed by atoms with Gasteiger partial charge in [0, 0.05) is 10.5 Å². The molecule has 146 valence electrons. The topological polar surface area (TPSA) is 48.7 Å². The van der Waals surface area contributed by atoms with Crippen LogP contribution < -0.4 is 14.9 Å². The fourth-order valence-electron chi connectivity index (χ4n) is 3.21. The molecule has 0 aliphatic rings. The highest BCUT2D eigenvalue weighted by atomic mass is 79.9. The standard InChI is InChI=1S/C24H19BrO4/c1-15-23(17-5-9-19(27-2)10-6-17)24(26)21-12-11-20(13-22(21)29-15)28-14-16-3-7-18(25)8-4-16/h3-13H,14H2,1-2H3. The summed E-state index contributed by atoms with van der Waals surface area (Å²) in [5.74, 6) is 1.96. The highest BCUT2D eigenvalue weighted by molar-refractivity contribution is 9.10. The Labute approximate surface area is 176 Å². The summed E-state index contributed by atoms with van der Waals surface area (Å²) in [7, 11) is 1.61. The van der Waals surface area contributed by atoms with Crippen LogP contribution in [0, 0.1) is 6.92 Å². The third-order valence-electron chi connectivity index (χ3n) is 4.74. The van der Waals surface area contributed by atoms with Crippen molar-refractivity contribution >= 4 is 26.9 Å². The fraction of sp³-hybridized carbons (Fsp3) is 0.125. The Bertz CT molecular complexity index is 1210. The Morgan fingerprint density at radius 3 is 2.31 bits per heavy atom. The Kier molecular flexibility index (Phi) is 5.41. The van der Waals surface area contributed by atoms with Gasteiger partial charge in [-0.15, -0.1) is 0 Å². The monoisotopic (exact) mass is 450 g/mol. The lowest BCUT2D eigenvalue weighted by Gasteiger charge is -2.10. The highest BCUT2D eigenvalue weighted by Crippen LogP contribution is 2.28. The molecule has 0 aliphatic carbocycles. The molecule has 29 heavy (non-hydrogen) atoms. The van der Waals surface area contributed by atoms with Crippen LogP contribution in [0.2, 0.25) is 0 Å². The van der Waals surface area contributed by atoms with Crippen molar-refractivity contribution in [3.63, 3.8) is 0 Å². The van der Waals surface area contributed by atoms with Gasteiger partial charge in [0.25, 0.3) is 0 Å². The van der Waals surface area contributed by atoms with Crippen LogP contribution in [0.5, 0.6) is 11.5 Å². The van der Waals surface area contributed by atoms with Gasteiger partial charge in [-0.25, -0.2) is 0 Å². The van der Waals surface area contributed by atoms with Crippen molar-refractivity contribution in [2.75, 3.05) is 7.11 Å². The molecule has 1 aromatic heterocycles. The van der Waals surface area contributed by atoms with Gasteiger partial charge < -0.3 is 13.9 Å². The van der Waals surface area contributed by atoms with Crippen molar-refractivity contribution in [1.82, 2.24) is 0 Å². The number of benzene rings is 3. The lowest BCUT2D eigenvalue weighted by molar-refractivity contribution is 0.306. The summed E-state index contributed by atoms with van der Waals surface area (Å²) >= 11 is 3.42. The summed E-state index contributed by atoms with van der Waals surface area (Å²) in [5.41, 5.74) is 2.87. The van der Waals surface area contributed by atoms with E-state index in [0.29, 0.717) is 34.6 Å². The Hall–Kier alpha value is -3.05. The molecule has 0 N–H and O–H groups in total. The summed E-state index contributed by atoms with van der Waals surface area (Å²) in [6.07, 6.45) is 0. The van der Waals surface area contributed by atoms with Crippen molar-refractivity contribution in [3.8, 4) is 22.6 Å². The molecule has 4 aromatic rings. The minimum absolute atomic E-state index is 0.0617. The van der Waals surface area contributed by atoms with Crippen LogP contribution in [0.3, 0.4) is 0 Å². The van der Waals surface area contributed by atoms with Gasteiger partial charge in [0.05, 0.1) is 18.1 Å². The zero-order chi connectivity index (χ0) is 20.4. The number of rotatable bonds is 5. The van der Waals surface area contributed by atoms with E-state index in [-0.39, 0.29) is 5.43 Å². The molecule has 3 aromatic carbocycles. The average Bonchev–Trinajstić information content (AvgIpc) is 2.73. The first kappa shape index (κ1) is 19.3. The average molecular weight is 451 g/mol. The molecule has 0 amide bonds. The number of halogens is 1. The van der Waals surface area contributed by atoms with Gasteiger partial charge in [0.2, 0.25) is 5.43 Å². The van der Waals surface area contributed by atoms with Crippen LogP contribution in [-0.4, -0.2) is 7.11 Å². The summed E-state index contributed by atoms with van der Waals surface area (Å²) in [6, 6.07) is 20.6. The van der Waals surface area contributed by atoms with E-state index in [1.807, 2.05) is 48.5 Å². The Balaban J connectivity index is 1.65. The van der Waals surface area contributed by atoms with Gasteiger partial charge in [-0.1, -0.05) is 40.2 Å². The SMILES string of the molecule is COc1ccc(-c2c(C)oc3cc(OCc4ccc(Br)cc4)ccc3c2=O)cc1. The van der Waals surface area contributed by atoms with E-state index < -0.39 is 0 Å². The molecule has 0 radical (unpaired) electrons. The third-order valence-corrected chi connectivity index (χ3v) is 5.27. The molecule has 0 saturated carbocycles. The molecule has 0 atom stereocenters. The summed E-state index contributed by atoms with van der Waals surface area (Å²) in [5, 5.41) is 0.525. The predicted molar refractivity (Wildman–Crippen MR) is 118 cm³/mol. The van der Waals surface area contributed by atoms with Crippen LogP contribution in [0.1, 0.15) is 11.3 Å². The number of ether oxygens (including phenoxy) is 2. The normalized spacial score (nSPS) is 10.9. The van der Waals surface area contributed by atoms with Gasteiger partial charge in [0.15, 0.2) is 0 Å². The van der Waals surface area contributed by atoms with Crippen LogP contribution >= 0.6 is 15.9 Å². The number of methoxy groups -OCH3 is 1. The smallest absolute Gasteiger partial charge is 0.200 e. The molecule has 1 heterocycles. The van der Waals surface area contributed by atoms with Crippen molar-refractivity contribution in [2.24, 2.45) is 0 Å². The second-order valence-electron chi connectivity index (χ2n) is 6.66. The highest BCUT2D eigenvalue weighted by Gasteiger charge is 2.14. The first-order valence-corrected chi connectivity index (χ1v) is 9.93. The molecular weight excluding hydrogens is 432 g/mol. The minimum Gasteiger partial charge on any atom is -0.497 e. The van der Waals surface area contributed by atoms with E-state index in [1.54, 1.807) is 32.2 Å². The molecular formula is C24H19BrO4. The van der Waals surface area contributed by atoms with Gasteiger partial charge in [0.1, 0.15) is 29.4 Å². The summed E-state index contributed by atoms with van der Waals surface area (Å²) in [4.78, 5) is 13.1. The molecule has 0 fully saturated rings. The summed E-state index contributed by atoms with van der Waals surface area (Å²) in [6.45, 7) is 2.24. The van der Waals surface area contributed by atoms with Crippen molar-refractivity contribution in [3.05, 3.63) is 92.7 Å². The Morgan fingerprint density at radius 2 is 1.62 bits per heavy atom. The molecule has 0 spiro atoms. The van der Waals surface area contributed by atoms with E-state index in [9.17, 15) is 4.79 Å². The van der Waals surface area contributed by atoms with Crippen molar-refractivity contribution < 1.29 is 13.9 Å². The molecule has 4 nitrogen and oxygen atoms in total. The van der Waals surface area contributed by atoms with Gasteiger partial charge in [-0.3, -0.25) is 4.79 Å². The fourth-order valence-corrected chi connectivity index (χ4v) is 3.48. The molecule has 0 aliphatic heterocycles. The van der Waals surface area contributed by atoms with Crippen LogP contribution in [-0.2, 0) is 6.61 Å². The van der Waals surface area contributed by atoms with E-state index in [0.717, 1.165) is 21.3 Å². The van der Waals surface area contributed by atoms with Crippen LogP contribution in [0.4, 0.5) is 0 Å². The van der Waals surface area contributed by atoms with Gasteiger partial charge in [-0.2, -0.15) is 0 Å². The van der Waals surface area contributed by atoms with Crippen molar-refractivity contribution in [2.45, 2.75) is 13.5 Å². The molecule has 0 unspecified atom stereocenters. The first-order chi connectivity index (χ1) is 14.0. The maximum absolute atomic E-state index is 13.1. The number of hydrogen-bond donors (Lipinski definition) is 0. The predicted octanol–water partition coefficient (Wildman–Crippen LogP) is 6.12. The lowest BCUT2D eigenvalue weighted by Crippen LogP contribution is -2.07. The minimum atomic E-state index is -0.0617. The third kappa shape index (κ3) is 4.05. The quantitative estimate of drug-likeness (QED) is 0.367. The second kappa shape index (κ2) is 8.13. The lowest BCUT2D eigenvalue weighted by atomic mass is 10.0. The molecule has 5 heteroatoms.